The Hall–Kier alpha value is -2.27. The fourth-order valence-electron chi connectivity index (χ4n) is 3.87. The molecule has 1 N–H and O–H groups in total. The summed E-state index contributed by atoms with van der Waals surface area (Å²) in [6.07, 6.45) is 0.928. The molecule has 0 bridgehead atoms. The first-order chi connectivity index (χ1) is 15.3. The van der Waals surface area contributed by atoms with Gasteiger partial charge in [-0.15, -0.1) is 0 Å². The van der Waals surface area contributed by atoms with E-state index < -0.39 is 31.4 Å². The van der Waals surface area contributed by atoms with E-state index in [9.17, 15) is 21.6 Å². The smallest absolute Gasteiger partial charge is 0.247 e. The van der Waals surface area contributed by atoms with Crippen molar-refractivity contribution in [3.8, 4) is 0 Å². The maximum Gasteiger partial charge on any atom is 0.247 e. The minimum Gasteiger partial charge on any atom is -0.301 e. The molecule has 0 aromatic heterocycles. The van der Waals surface area contributed by atoms with Crippen molar-refractivity contribution in [2.24, 2.45) is 5.41 Å². The van der Waals surface area contributed by atoms with Crippen LogP contribution in [0.4, 0.5) is 5.69 Å². The Bertz CT molecular complexity index is 1220. The second-order valence-electron chi connectivity index (χ2n) is 9.13. The van der Waals surface area contributed by atoms with Gasteiger partial charge in [-0.2, -0.15) is 0 Å². The van der Waals surface area contributed by atoms with Crippen LogP contribution in [0.3, 0.4) is 0 Å². The highest BCUT2D eigenvalue weighted by atomic mass is 32.2. The molecule has 8 nitrogen and oxygen atoms in total. The van der Waals surface area contributed by atoms with Crippen molar-refractivity contribution in [1.82, 2.24) is 9.62 Å². The largest absolute Gasteiger partial charge is 0.301 e. The van der Waals surface area contributed by atoms with Gasteiger partial charge in [-0.3, -0.25) is 4.79 Å². The molecule has 0 saturated carbocycles. The molecule has 10 heteroatoms. The molecule has 1 aliphatic heterocycles. The molecular weight excluding hydrogens is 462 g/mol. The number of sulfonamides is 2. The van der Waals surface area contributed by atoms with Gasteiger partial charge in [-0.05, 0) is 69.8 Å². The van der Waals surface area contributed by atoms with Crippen LogP contribution in [0.15, 0.2) is 53.4 Å². The van der Waals surface area contributed by atoms with E-state index in [-0.39, 0.29) is 28.9 Å². The molecule has 2 aromatic carbocycles. The lowest BCUT2D eigenvalue weighted by Gasteiger charge is -2.25. The Balaban J connectivity index is 1.78. The molecule has 1 aliphatic rings. The number of hydrogen-bond acceptors (Lipinski definition) is 6. The van der Waals surface area contributed by atoms with E-state index in [1.54, 1.807) is 13.8 Å². The number of likely N-dealkylation sites (N-methyl/N-ethyl adjacent to an activating group) is 1. The van der Waals surface area contributed by atoms with Crippen LogP contribution in [-0.2, 0) is 31.3 Å². The lowest BCUT2D eigenvalue weighted by Crippen LogP contribution is -2.35. The first kappa shape index (κ1) is 25.4. The number of anilines is 1. The number of nitrogens with zero attached hydrogens (tertiary/aromatic N) is 2. The number of amides is 1. The third kappa shape index (κ3) is 5.29. The van der Waals surface area contributed by atoms with Crippen LogP contribution in [0.1, 0.15) is 37.9 Å². The molecule has 180 valence electrons. The first-order valence-corrected chi connectivity index (χ1v) is 13.8. The van der Waals surface area contributed by atoms with Crippen molar-refractivity contribution in [3.63, 3.8) is 0 Å². The summed E-state index contributed by atoms with van der Waals surface area (Å²) in [6.45, 7) is 5.39. The molecule has 1 amide bonds. The third-order valence-electron chi connectivity index (χ3n) is 5.83. The second kappa shape index (κ2) is 9.17. The van der Waals surface area contributed by atoms with Gasteiger partial charge in [0.05, 0.1) is 21.8 Å². The van der Waals surface area contributed by atoms with Gasteiger partial charge in [0.1, 0.15) is 0 Å². The number of benzene rings is 2. The molecule has 2 aromatic rings. The Morgan fingerprint density at radius 3 is 2.09 bits per heavy atom. The van der Waals surface area contributed by atoms with Gasteiger partial charge in [0.15, 0.2) is 0 Å². The van der Waals surface area contributed by atoms with E-state index in [1.807, 2.05) is 43.3 Å². The maximum absolute atomic E-state index is 12.9. The monoisotopic (exact) mass is 493 g/mol. The van der Waals surface area contributed by atoms with E-state index in [2.05, 4.69) is 11.6 Å². The minimum absolute atomic E-state index is 0.00612. The van der Waals surface area contributed by atoms with Crippen molar-refractivity contribution in [3.05, 3.63) is 59.7 Å². The van der Waals surface area contributed by atoms with Crippen LogP contribution in [0.25, 0.3) is 0 Å². The summed E-state index contributed by atoms with van der Waals surface area (Å²) in [5.74, 6) is -0.815. The van der Waals surface area contributed by atoms with Crippen LogP contribution < -0.4 is 9.03 Å². The molecule has 0 aliphatic carbocycles. The summed E-state index contributed by atoms with van der Waals surface area (Å²) in [4.78, 5) is 14.5. The molecule has 1 saturated heterocycles. The highest BCUT2D eigenvalue weighted by Gasteiger charge is 2.49. The Labute approximate surface area is 196 Å². The highest BCUT2D eigenvalue weighted by molar-refractivity contribution is 7.94. The van der Waals surface area contributed by atoms with Crippen molar-refractivity contribution in [2.45, 2.75) is 38.1 Å². The summed E-state index contributed by atoms with van der Waals surface area (Å²) in [5, 5.41) is 0. The van der Waals surface area contributed by atoms with Crippen LogP contribution in [0, 0.1) is 5.41 Å². The zero-order valence-electron chi connectivity index (χ0n) is 19.6. The predicted octanol–water partition coefficient (Wildman–Crippen LogP) is 2.53. The average molecular weight is 494 g/mol. The normalized spacial score (nSPS) is 18.6. The van der Waals surface area contributed by atoms with E-state index >= 15 is 0 Å². The van der Waals surface area contributed by atoms with Gasteiger partial charge in [-0.1, -0.05) is 31.2 Å². The zero-order valence-corrected chi connectivity index (χ0v) is 21.2. The van der Waals surface area contributed by atoms with Crippen LogP contribution in [0.2, 0.25) is 0 Å². The number of hydrogen-bond donors (Lipinski definition) is 1. The summed E-state index contributed by atoms with van der Waals surface area (Å²) < 4.78 is 54.1. The van der Waals surface area contributed by atoms with Crippen molar-refractivity contribution < 1.29 is 21.6 Å². The first-order valence-electron chi connectivity index (χ1n) is 10.7. The average Bonchev–Trinajstić information content (AvgIpc) is 2.90. The van der Waals surface area contributed by atoms with Gasteiger partial charge in [-0.25, -0.2) is 25.9 Å². The fraction of sp³-hybridized carbons (Fsp3) is 0.435. The lowest BCUT2D eigenvalue weighted by atomic mass is 9.95. The Kier molecular flexibility index (Phi) is 7.05. The molecule has 1 atom stereocenters. The van der Waals surface area contributed by atoms with Crippen LogP contribution >= 0.6 is 0 Å². The topological polar surface area (TPSA) is 104 Å². The standard InChI is InChI=1S/C23H31N3O5S2/c1-6-17-7-9-18(10-8-17)21(25(4)5)15-24-33(30,31)20-13-11-19(12-14-20)26-22(27)23(2,3)16-32(26,28)29/h7-14,21,24H,6,15-16H2,1-5H3. The van der Waals surface area contributed by atoms with Gasteiger partial charge in [0.25, 0.3) is 0 Å². The van der Waals surface area contributed by atoms with Crippen LogP contribution in [-0.4, -0.2) is 54.0 Å². The van der Waals surface area contributed by atoms with Crippen molar-refractivity contribution in [1.29, 1.82) is 0 Å². The van der Waals surface area contributed by atoms with Gasteiger partial charge >= 0.3 is 0 Å². The Morgan fingerprint density at radius 1 is 1.06 bits per heavy atom. The number of carbonyl (C=O) groups excluding carboxylic acids is 1. The molecule has 3 rings (SSSR count). The van der Waals surface area contributed by atoms with Gasteiger partial charge < -0.3 is 4.90 Å². The molecule has 1 heterocycles. The summed E-state index contributed by atoms with van der Waals surface area (Å²) >= 11 is 0. The van der Waals surface area contributed by atoms with E-state index in [0.717, 1.165) is 16.3 Å². The number of nitrogens with one attached hydrogen (secondary N) is 1. The summed E-state index contributed by atoms with van der Waals surface area (Å²) in [7, 11) is -3.87. The van der Waals surface area contributed by atoms with Gasteiger partial charge in [0.2, 0.25) is 26.0 Å². The van der Waals surface area contributed by atoms with E-state index in [4.69, 9.17) is 0 Å². The predicted molar refractivity (Wildman–Crippen MR) is 129 cm³/mol. The van der Waals surface area contributed by atoms with Crippen molar-refractivity contribution in [2.75, 3.05) is 30.7 Å². The van der Waals surface area contributed by atoms with Crippen molar-refractivity contribution >= 4 is 31.6 Å². The summed E-state index contributed by atoms with van der Waals surface area (Å²) in [6, 6.07) is 13.2. The van der Waals surface area contributed by atoms with Gasteiger partial charge in [0, 0.05) is 12.6 Å². The number of carbonyl (C=O) groups is 1. The molecule has 33 heavy (non-hydrogen) atoms. The SMILES string of the molecule is CCc1ccc(C(CNS(=O)(=O)c2ccc(N3C(=O)C(C)(C)CS3(=O)=O)cc2)N(C)C)cc1. The van der Waals surface area contributed by atoms with Crippen LogP contribution in [0.5, 0.6) is 0 Å². The van der Waals surface area contributed by atoms with E-state index in [1.165, 1.54) is 29.8 Å². The molecule has 1 unspecified atom stereocenters. The quantitative estimate of drug-likeness (QED) is 0.606. The third-order valence-corrected chi connectivity index (χ3v) is 9.29. The molecule has 0 radical (unpaired) electrons. The maximum atomic E-state index is 12.9. The number of rotatable bonds is 8. The Morgan fingerprint density at radius 2 is 1.64 bits per heavy atom. The minimum atomic E-state index is -3.84. The second-order valence-corrected chi connectivity index (χ2v) is 12.7. The summed E-state index contributed by atoms with van der Waals surface area (Å²) in [5.41, 5.74) is 1.31. The fourth-order valence-corrected chi connectivity index (χ4v) is 7.01. The lowest BCUT2D eigenvalue weighted by molar-refractivity contribution is -0.123. The molecule has 1 fully saturated rings. The highest BCUT2D eigenvalue weighted by Crippen LogP contribution is 2.36. The molecule has 0 spiro atoms. The molecular formula is C23H31N3O5S2. The van der Waals surface area contributed by atoms with E-state index in [0.29, 0.717) is 0 Å². The number of aryl methyl sites for hydroxylation is 1. The zero-order chi connectivity index (χ0) is 24.6.